The summed E-state index contributed by atoms with van der Waals surface area (Å²) in [5.41, 5.74) is 1.82. The molecule has 1 fully saturated rings. The fourth-order valence-electron chi connectivity index (χ4n) is 2.85. The van der Waals surface area contributed by atoms with E-state index in [1.807, 2.05) is 53.4 Å². The Hall–Kier alpha value is -2.24. The minimum Gasteiger partial charge on any atom is -0.489 e. The quantitative estimate of drug-likeness (QED) is 0.858. The Labute approximate surface area is 159 Å². The van der Waals surface area contributed by atoms with Gasteiger partial charge in [0.1, 0.15) is 12.4 Å². The number of piperazine rings is 1. The summed E-state index contributed by atoms with van der Waals surface area (Å²) < 4.78 is 5.76. The van der Waals surface area contributed by atoms with E-state index in [0.29, 0.717) is 11.6 Å². The molecule has 1 aliphatic rings. The molecule has 5 nitrogen and oxygen atoms in total. The highest BCUT2D eigenvalue weighted by Gasteiger charge is 2.19. The van der Waals surface area contributed by atoms with Crippen LogP contribution in [0.3, 0.4) is 0 Å². The van der Waals surface area contributed by atoms with E-state index in [4.69, 9.17) is 16.3 Å². The highest BCUT2D eigenvalue weighted by Crippen LogP contribution is 2.18. The number of halogens is 1. The average molecular weight is 374 g/mol. The third-order valence-electron chi connectivity index (χ3n) is 4.53. The summed E-state index contributed by atoms with van der Waals surface area (Å²) >= 11 is 5.88. The predicted molar refractivity (Wildman–Crippen MR) is 105 cm³/mol. The zero-order valence-corrected chi connectivity index (χ0v) is 15.7. The van der Waals surface area contributed by atoms with Gasteiger partial charge < -0.3 is 19.9 Å². The first-order chi connectivity index (χ1) is 12.6. The minimum atomic E-state index is -0.0458. The van der Waals surface area contributed by atoms with Gasteiger partial charge in [0.05, 0.1) is 0 Å². The fraction of sp³-hybridized carbons (Fsp3) is 0.350. The van der Waals surface area contributed by atoms with Gasteiger partial charge in [-0.1, -0.05) is 30.7 Å². The Morgan fingerprint density at radius 1 is 1.04 bits per heavy atom. The largest absolute Gasteiger partial charge is 0.489 e. The predicted octanol–water partition coefficient (Wildman–Crippen LogP) is 4.09. The topological polar surface area (TPSA) is 44.8 Å². The van der Waals surface area contributed by atoms with Crippen LogP contribution in [0, 0.1) is 0 Å². The summed E-state index contributed by atoms with van der Waals surface area (Å²) in [5, 5.41) is 3.66. The second-order valence-electron chi connectivity index (χ2n) is 6.29. The molecule has 0 spiro atoms. The minimum absolute atomic E-state index is 0.0458. The third kappa shape index (κ3) is 5.13. The van der Waals surface area contributed by atoms with Gasteiger partial charge in [0.2, 0.25) is 0 Å². The van der Waals surface area contributed by atoms with Gasteiger partial charge in [0.25, 0.3) is 0 Å². The number of hydrogen-bond donors (Lipinski definition) is 1. The molecule has 3 rings (SSSR count). The van der Waals surface area contributed by atoms with E-state index in [-0.39, 0.29) is 6.03 Å². The second kappa shape index (κ2) is 8.92. The number of amides is 2. The van der Waals surface area contributed by atoms with E-state index in [2.05, 4.69) is 17.1 Å². The van der Waals surface area contributed by atoms with Crippen molar-refractivity contribution in [1.82, 2.24) is 9.80 Å². The number of carbonyl (C=O) groups is 1. The number of urea groups is 1. The highest BCUT2D eigenvalue weighted by atomic mass is 35.5. The first-order valence-electron chi connectivity index (χ1n) is 8.89. The molecule has 0 aromatic heterocycles. The summed E-state index contributed by atoms with van der Waals surface area (Å²) in [6.07, 6.45) is 0. The number of carbonyl (C=O) groups excluding carboxylic acids is 1. The van der Waals surface area contributed by atoms with E-state index in [0.717, 1.165) is 49.7 Å². The zero-order valence-electron chi connectivity index (χ0n) is 15.0. The molecular weight excluding hydrogens is 350 g/mol. The molecule has 0 radical (unpaired) electrons. The molecular formula is C20H24ClN3O2. The number of rotatable bonds is 5. The van der Waals surface area contributed by atoms with Crippen LogP contribution in [0.4, 0.5) is 10.5 Å². The molecule has 26 heavy (non-hydrogen) atoms. The lowest BCUT2D eigenvalue weighted by atomic mass is 10.2. The van der Waals surface area contributed by atoms with Gasteiger partial charge in [-0.3, -0.25) is 0 Å². The van der Waals surface area contributed by atoms with Crippen molar-refractivity contribution in [2.75, 3.05) is 38.0 Å². The van der Waals surface area contributed by atoms with Crippen LogP contribution in [-0.2, 0) is 6.61 Å². The maximum Gasteiger partial charge on any atom is 0.321 e. The fourth-order valence-corrected chi connectivity index (χ4v) is 2.98. The molecule has 6 heteroatoms. The number of nitrogens with zero attached hydrogens (tertiary/aromatic N) is 2. The lowest BCUT2D eigenvalue weighted by Gasteiger charge is -2.33. The number of anilines is 1. The van der Waals surface area contributed by atoms with Crippen molar-refractivity contribution < 1.29 is 9.53 Å². The Balaban J connectivity index is 1.48. The van der Waals surface area contributed by atoms with Crippen LogP contribution < -0.4 is 10.1 Å². The smallest absolute Gasteiger partial charge is 0.321 e. The molecule has 0 atom stereocenters. The van der Waals surface area contributed by atoms with Gasteiger partial charge in [-0.25, -0.2) is 4.79 Å². The van der Waals surface area contributed by atoms with Crippen molar-refractivity contribution in [3.05, 3.63) is 59.1 Å². The SMILES string of the molecule is CCN1CCN(C(=O)Nc2ccc(OCc3ccc(Cl)cc3)cc2)CC1. The van der Waals surface area contributed by atoms with E-state index in [1.165, 1.54) is 0 Å². The van der Waals surface area contributed by atoms with E-state index in [9.17, 15) is 4.79 Å². The van der Waals surface area contributed by atoms with Crippen molar-refractivity contribution in [1.29, 1.82) is 0 Å². The van der Waals surface area contributed by atoms with Crippen LogP contribution in [0.15, 0.2) is 48.5 Å². The molecule has 1 saturated heterocycles. The monoisotopic (exact) mass is 373 g/mol. The third-order valence-corrected chi connectivity index (χ3v) is 4.78. The van der Waals surface area contributed by atoms with Crippen LogP contribution in [0.25, 0.3) is 0 Å². The summed E-state index contributed by atoms with van der Waals surface area (Å²) in [6, 6.07) is 15.0. The number of nitrogens with one attached hydrogen (secondary N) is 1. The maximum absolute atomic E-state index is 12.3. The van der Waals surface area contributed by atoms with Crippen LogP contribution in [-0.4, -0.2) is 48.6 Å². The van der Waals surface area contributed by atoms with Crippen LogP contribution >= 0.6 is 11.6 Å². The maximum atomic E-state index is 12.3. The van der Waals surface area contributed by atoms with Crippen molar-refractivity contribution >= 4 is 23.3 Å². The Bertz CT molecular complexity index is 711. The van der Waals surface area contributed by atoms with Crippen LogP contribution in [0.5, 0.6) is 5.75 Å². The first kappa shape index (κ1) is 18.5. The van der Waals surface area contributed by atoms with Crippen molar-refractivity contribution in [3.8, 4) is 5.75 Å². The van der Waals surface area contributed by atoms with Gasteiger partial charge in [-0.15, -0.1) is 0 Å². The van der Waals surface area contributed by atoms with E-state index in [1.54, 1.807) is 0 Å². The molecule has 0 bridgehead atoms. The lowest BCUT2D eigenvalue weighted by Crippen LogP contribution is -2.49. The molecule has 0 unspecified atom stereocenters. The second-order valence-corrected chi connectivity index (χ2v) is 6.73. The summed E-state index contributed by atoms with van der Waals surface area (Å²) in [6.45, 7) is 7.05. The van der Waals surface area contributed by atoms with Gasteiger partial charge in [-0.05, 0) is 48.5 Å². The molecule has 138 valence electrons. The molecule has 0 saturated carbocycles. The van der Waals surface area contributed by atoms with Gasteiger partial charge >= 0.3 is 6.03 Å². The number of ether oxygens (including phenoxy) is 1. The molecule has 0 aliphatic carbocycles. The van der Waals surface area contributed by atoms with Crippen LogP contribution in [0.2, 0.25) is 5.02 Å². The molecule has 1 heterocycles. The standard InChI is InChI=1S/C20H24ClN3O2/c1-2-23-11-13-24(14-12-23)20(25)22-18-7-9-19(10-8-18)26-15-16-3-5-17(21)6-4-16/h3-10H,2,11-15H2,1H3,(H,22,25). The normalized spacial score (nSPS) is 14.9. The number of benzene rings is 2. The molecule has 1 N–H and O–H groups in total. The van der Waals surface area contributed by atoms with Crippen molar-refractivity contribution in [2.45, 2.75) is 13.5 Å². The number of likely N-dealkylation sites (N-methyl/N-ethyl adjacent to an activating group) is 1. The first-order valence-corrected chi connectivity index (χ1v) is 9.27. The van der Waals surface area contributed by atoms with Gasteiger partial charge in [0.15, 0.2) is 0 Å². The van der Waals surface area contributed by atoms with Crippen LogP contribution in [0.1, 0.15) is 12.5 Å². The van der Waals surface area contributed by atoms with E-state index < -0.39 is 0 Å². The number of hydrogen-bond acceptors (Lipinski definition) is 3. The van der Waals surface area contributed by atoms with Crippen molar-refractivity contribution in [2.24, 2.45) is 0 Å². The van der Waals surface area contributed by atoms with E-state index >= 15 is 0 Å². The molecule has 2 aromatic rings. The summed E-state index contributed by atoms with van der Waals surface area (Å²) in [4.78, 5) is 16.5. The Kier molecular flexibility index (Phi) is 6.36. The lowest BCUT2D eigenvalue weighted by molar-refractivity contribution is 0.151. The average Bonchev–Trinajstić information content (AvgIpc) is 2.68. The summed E-state index contributed by atoms with van der Waals surface area (Å²) in [5.74, 6) is 0.759. The van der Waals surface area contributed by atoms with Gasteiger partial charge in [0, 0.05) is 36.9 Å². The zero-order chi connectivity index (χ0) is 18.4. The molecule has 2 amide bonds. The molecule has 2 aromatic carbocycles. The van der Waals surface area contributed by atoms with Gasteiger partial charge in [-0.2, -0.15) is 0 Å². The molecule has 1 aliphatic heterocycles. The highest BCUT2D eigenvalue weighted by molar-refractivity contribution is 6.30. The Morgan fingerprint density at radius 2 is 1.69 bits per heavy atom. The Morgan fingerprint density at radius 3 is 2.31 bits per heavy atom. The van der Waals surface area contributed by atoms with Crippen molar-refractivity contribution in [3.63, 3.8) is 0 Å². The summed E-state index contributed by atoms with van der Waals surface area (Å²) in [7, 11) is 0.